The average Bonchev–Trinajstić information content (AvgIpc) is 4.19. The molecule has 0 saturated heterocycles. The van der Waals surface area contributed by atoms with Crippen molar-refractivity contribution in [2.24, 2.45) is 0 Å². The van der Waals surface area contributed by atoms with Crippen LogP contribution in [0.5, 0.6) is 0 Å². The van der Waals surface area contributed by atoms with Crippen LogP contribution in [0.4, 0.5) is 0 Å². The van der Waals surface area contributed by atoms with E-state index in [9.17, 15) is 0 Å². The lowest BCUT2D eigenvalue weighted by Gasteiger charge is -2.42. The molecule has 8 aromatic carbocycles. The van der Waals surface area contributed by atoms with Crippen molar-refractivity contribution < 1.29 is 0 Å². The van der Waals surface area contributed by atoms with Gasteiger partial charge in [-0.1, -0.05) is 315 Å². The molecule has 0 heteroatoms. The molecule has 412 valence electrons. The lowest BCUT2D eigenvalue weighted by molar-refractivity contribution is 0.399. The summed E-state index contributed by atoms with van der Waals surface area (Å²) >= 11 is 0. The molecule has 0 spiro atoms. The summed E-state index contributed by atoms with van der Waals surface area (Å²) in [5.41, 5.74) is 22.5. The number of fused-ring (bicyclic) bond motifs is 6. The molecule has 0 fully saturated rings. The van der Waals surface area contributed by atoms with Gasteiger partial charge in [0.05, 0.1) is 0 Å². The highest BCUT2D eigenvalue weighted by atomic mass is 14.5. The fraction of sp³-hybridized carbons (Fsp3) is 0.375. The maximum absolute atomic E-state index is 2.59. The van der Waals surface area contributed by atoms with E-state index in [2.05, 4.69) is 289 Å². The molecule has 0 N–H and O–H groups in total. The van der Waals surface area contributed by atoms with Crippen LogP contribution < -0.4 is 0 Å². The van der Waals surface area contributed by atoms with E-state index in [1.54, 1.807) is 0 Å². The second kappa shape index (κ2) is 22.8. The van der Waals surface area contributed by atoms with Crippen LogP contribution in [0.25, 0.3) is 22.3 Å². The normalized spacial score (nSPS) is 14.1. The minimum Gasteiger partial charge on any atom is -0.0885 e. The van der Waals surface area contributed by atoms with Gasteiger partial charge in [-0.3, -0.25) is 0 Å². The molecular formula is C80H92. The number of hydrogen-bond acceptors (Lipinski definition) is 0. The Morgan fingerprint density at radius 3 is 0.762 bits per heavy atom. The van der Waals surface area contributed by atoms with Crippen molar-refractivity contribution in [1.29, 1.82) is 0 Å². The minimum absolute atomic E-state index is 0.0418. The van der Waals surface area contributed by atoms with Crippen molar-refractivity contribution in [3.8, 4) is 22.3 Å². The van der Waals surface area contributed by atoms with Gasteiger partial charge >= 0.3 is 0 Å². The van der Waals surface area contributed by atoms with Crippen molar-refractivity contribution in [3.05, 3.63) is 273 Å². The van der Waals surface area contributed by atoms with E-state index in [0.717, 1.165) is 38.5 Å². The number of rotatable bonds is 18. The smallest absolute Gasteiger partial charge is 0.0312 e. The molecule has 10 rings (SSSR count). The van der Waals surface area contributed by atoms with Crippen LogP contribution in [0, 0.1) is 0 Å². The average molecular weight is 1050 g/mol. The molecule has 2 aliphatic carbocycles. The first kappa shape index (κ1) is 56.8. The molecule has 8 aromatic rings. The molecule has 0 bridgehead atoms. The molecule has 0 aromatic heterocycles. The van der Waals surface area contributed by atoms with Crippen LogP contribution in [0.1, 0.15) is 226 Å². The number of hydrogen-bond donors (Lipinski definition) is 0. The maximum Gasteiger partial charge on any atom is 0.0312 e. The standard InChI is InChI=1S/C80H92/c1-75(2,3)61-43-47-65-66-48-44-62(76(4,5)6)54-70(66)73(69(65)53-61)79(57-35-25-21-26-36-57,58-37-27-22-28-38-58)51-33-19-17-15-13-14-16-18-20-34-52-80(59-39-29-23-30-40-59,60-41-31-24-32-42-60)74-71-55-63(77(7,8)9)45-49-67(71)68-50-46-64(56-72(68)74)78(10,11)12/h13,15,21-32,35-50,53-56,73-74H,14,16-20,33-34,51-52H2,1-12H3/b15-13+. The first-order valence-corrected chi connectivity index (χ1v) is 30.7. The van der Waals surface area contributed by atoms with Gasteiger partial charge in [-0.25, -0.2) is 0 Å². The summed E-state index contributed by atoms with van der Waals surface area (Å²) in [6.07, 6.45) is 16.5. The highest BCUT2D eigenvalue weighted by Crippen LogP contribution is 2.61. The van der Waals surface area contributed by atoms with Crippen LogP contribution in [0.2, 0.25) is 0 Å². The maximum atomic E-state index is 2.59. The minimum atomic E-state index is -0.257. The number of unbranched alkanes of at least 4 members (excludes halogenated alkanes) is 6. The second-order valence-corrected chi connectivity index (χ2v) is 28.2. The molecule has 0 saturated carbocycles. The van der Waals surface area contributed by atoms with Gasteiger partial charge in [-0.15, -0.1) is 0 Å². The van der Waals surface area contributed by atoms with E-state index in [-0.39, 0.29) is 44.3 Å². The molecule has 80 heavy (non-hydrogen) atoms. The predicted molar refractivity (Wildman–Crippen MR) is 345 cm³/mol. The van der Waals surface area contributed by atoms with Crippen molar-refractivity contribution in [1.82, 2.24) is 0 Å². The summed E-state index contributed by atoms with van der Waals surface area (Å²) in [5, 5.41) is 0. The second-order valence-electron chi connectivity index (χ2n) is 28.2. The van der Waals surface area contributed by atoms with Gasteiger partial charge in [0.2, 0.25) is 0 Å². The van der Waals surface area contributed by atoms with Crippen LogP contribution in [0.15, 0.2) is 206 Å². The van der Waals surface area contributed by atoms with E-state index in [4.69, 9.17) is 0 Å². The Kier molecular flexibility index (Phi) is 16.2. The Morgan fingerprint density at radius 2 is 0.500 bits per heavy atom. The molecular weight excluding hydrogens is 961 g/mol. The van der Waals surface area contributed by atoms with Crippen LogP contribution in [-0.4, -0.2) is 0 Å². The third-order valence-corrected chi connectivity index (χ3v) is 18.7. The van der Waals surface area contributed by atoms with Gasteiger partial charge in [0, 0.05) is 22.7 Å². The Labute approximate surface area is 484 Å². The Balaban J connectivity index is 0.872. The lowest BCUT2D eigenvalue weighted by Crippen LogP contribution is -2.35. The largest absolute Gasteiger partial charge is 0.0885 e. The van der Waals surface area contributed by atoms with Gasteiger partial charge in [-0.05, 0) is 149 Å². The molecule has 0 nitrogen and oxygen atoms in total. The van der Waals surface area contributed by atoms with E-state index in [0.29, 0.717) is 0 Å². The first-order valence-electron chi connectivity index (χ1n) is 30.7. The summed E-state index contributed by atoms with van der Waals surface area (Å²) < 4.78 is 0. The Morgan fingerprint density at radius 1 is 0.263 bits per heavy atom. The highest BCUT2D eigenvalue weighted by molar-refractivity contribution is 5.83. The van der Waals surface area contributed by atoms with Gasteiger partial charge in [0.25, 0.3) is 0 Å². The SMILES string of the molecule is CC(C)(C)c1ccc2c(c1)C(C(CCCC/C=C/CCCCCCC(c1ccccc1)(c1ccccc1)C1c3cc(C(C)(C)C)ccc3-c3ccc(C(C)(C)C)cc31)(c1ccccc1)c1ccccc1)c1cc(C(C)(C)C)ccc1-2. The molecule has 0 heterocycles. The summed E-state index contributed by atoms with van der Waals surface area (Å²) in [5.74, 6) is 0.359. The van der Waals surface area contributed by atoms with E-state index in [1.807, 2.05) is 0 Å². The third-order valence-electron chi connectivity index (χ3n) is 18.7. The lowest BCUT2D eigenvalue weighted by atomic mass is 9.60. The zero-order valence-corrected chi connectivity index (χ0v) is 50.9. The third kappa shape index (κ3) is 11.2. The molecule has 0 atom stereocenters. The Bertz CT molecular complexity index is 3190. The van der Waals surface area contributed by atoms with Gasteiger partial charge in [0.1, 0.15) is 0 Å². The van der Waals surface area contributed by atoms with Crippen molar-refractivity contribution in [3.63, 3.8) is 0 Å². The van der Waals surface area contributed by atoms with Crippen LogP contribution in [-0.2, 0) is 32.5 Å². The van der Waals surface area contributed by atoms with Crippen LogP contribution >= 0.6 is 0 Å². The molecule has 0 aliphatic heterocycles. The molecule has 0 radical (unpaired) electrons. The fourth-order valence-electron chi connectivity index (χ4n) is 14.2. The van der Waals surface area contributed by atoms with Gasteiger partial charge < -0.3 is 0 Å². The quantitative estimate of drug-likeness (QED) is 0.0593. The number of benzene rings is 8. The van der Waals surface area contributed by atoms with E-state index in [1.165, 1.54) is 115 Å². The molecule has 2 aliphatic rings. The van der Waals surface area contributed by atoms with E-state index >= 15 is 0 Å². The fourth-order valence-corrected chi connectivity index (χ4v) is 14.2. The summed E-state index contributed by atoms with van der Waals surface area (Å²) in [7, 11) is 0. The van der Waals surface area contributed by atoms with Crippen LogP contribution in [0.3, 0.4) is 0 Å². The van der Waals surface area contributed by atoms with Gasteiger partial charge in [-0.2, -0.15) is 0 Å². The molecule has 0 unspecified atom stereocenters. The monoisotopic (exact) mass is 1050 g/mol. The van der Waals surface area contributed by atoms with E-state index < -0.39 is 0 Å². The summed E-state index contributed by atoms with van der Waals surface area (Å²) in [6.45, 7) is 28.4. The van der Waals surface area contributed by atoms with Crippen molar-refractivity contribution >= 4 is 0 Å². The predicted octanol–water partition coefficient (Wildman–Crippen LogP) is 22.2. The van der Waals surface area contributed by atoms with Crippen molar-refractivity contribution in [2.75, 3.05) is 0 Å². The topological polar surface area (TPSA) is 0 Å². The van der Waals surface area contributed by atoms with Gasteiger partial charge in [0.15, 0.2) is 0 Å². The Hall–Kier alpha value is -6.50. The first-order chi connectivity index (χ1) is 38.2. The highest BCUT2D eigenvalue weighted by Gasteiger charge is 2.50. The number of allylic oxidation sites excluding steroid dienone is 2. The summed E-state index contributed by atoms with van der Waals surface area (Å²) in [6, 6.07) is 76.0. The zero-order chi connectivity index (χ0) is 56.5. The molecule has 0 amide bonds. The van der Waals surface area contributed by atoms with Crippen molar-refractivity contribution in [2.45, 2.75) is 192 Å². The summed E-state index contributed by atoms with van der Waals surface area (Å²) in [4.78, 5) is 0. The zero-order valence-electron chi connectivity index (χ0n) is 50.9.